The van der Waals surface area contributed by atoms with Crippen LogP contribution < -0.4 is 15.1 Å². The Morgan fingerprint density at radius 1 is 1.18 bits per heavy atom. The average Bonchev–Trinajstić information content (AvgIpc) is 2.72. The van der Waals surface area contributed by atoms with Crippen LogP contribution in [-0.4, -0.2) is 48.0 Å². The third-order valence-electron chi connectivity index (χ3n) is 4.44. The Kier molecular flexibility index (Phi) is 6.81. The fourth-order valence-corrected chi connectivity index (χ4v) is 3.11. The van der Waals surface area contributed by atoms with Crippen LogP contribution in [0, 0.1) is 0 Å². The Morgan fingerprint density at radius 2 is 1.93 bits per heavy atom. The van der Waals surface area contributed by atoms with Crippen molar-refractivity contribution in [3.63, 3.8) is 0 Å². The van der Waals surface area contributed by atoms with Gasteiger partial charge in [-0.15, -0.1) is 0 Å². The summed E-state index contributed by atoms with van der Waals surface area (Å²) in [6, 6.07) is 7.36. The summed E-state index contributed by atoms with van der Waals surface area (Å²) in [6.45, 7) is 2.13. The first kappa shape index (κ1) is 20.1. The minimum absolute atomic E-state index is 0.230. The van der Waals surface area contributed by atoms with Gasteiger partial charge >= 0.3 is 0 Å². The van der Waals surface area contributed by atoms with Crippen molar-refractivity contribution >= 4 is 35.5 Å². The highest BCUT2D eigenvalue weighted by molar-refractivity contribution is 6.32. The molecule has 0 spiro atoms. The van der Waals surface area contributed by atoms with E-state index in [-0.39, 0.29) is 12.5 Å². The highest BCUT2D eigenvalue weighted by Gasteiger charge is 2.17. The Balaban J connectivity index is 1.68. The molecule has 1 aliphatic rings. The van der Waals surface area contributed by atoms with Gasteiger partial charge in [0, 0.05) is 38.3 Å². The van der Waals surface area contributed by atoms with Gasteiger partial charge in [-0.3, -0.25) is 4.79 Å². The van der Waals surface area contributed by atoms with Crippen molar-refractivity contribution in [3.8, 4) is 0 Å². The van der Waals surface area contributed by atoms with Crippen LogP contribution in [0.5, 0.6) is 0 Å². The van der Waals surface area contributed by atoms with Gasteiger partial charge in [0.05, 0.1) is 6.54 Å². The maximum atomic E-state index is 12.2. The van der Waals surface area contributed by atoms with Crippen molar-refractivity contribution in [1.29, 1.82) is 0 Å². The van der Waals surface area contributed by atoms with Gasteiger partial charge < -0.3 is 15.1 Å². The first-order valence-electron chi connectivity index (χ1n) is 9.40. The highest BCUT2D eigenvalue weighted by Crippen LogP contribution is 2.18. The van der Waals surface area contributed by atoms with Gasteiger partial charge in [0.1, 0.15) is 0 Å². The molecule has 1 fully saturated rings. The molecule has 1 saturated heterocycles. The molecule has 0 atom stereocenters. The molecule has 0 unspecified atom stereocenters. The first-order valence-corrected chi connectivity index (χ1v) is 9.78. The van der Waals surface area contributed by atoms with E-state index in [9.17, 15) is 4.79 Å². The third kappa shape index (κ3) is 5.42. The van der Waals surface area contributed by atoms with Crippen LogP contribution in [0.25, 0.3) is 6.08 Å². The number of aromatic nitrogens is 3. The molecule has 0 aliphatic carbocycles. The predicted octanol–water partition coefficient (Wildman–Crippen LogP) is 2.91. The van der Waals surface area contributed by atoms with Gasteiger partial charge in [0.2, 0.25) is 17.8 Å². The second-order valence-electron chi connectivity index (χ2n) is 6.87. The molecule has 2 heterocycles. The predicted molar refractivity (Wildman–Crippen MR) is 113 cm³/mol. The second kappa shape index (κ2) is 9.50. The number of nitrogens with zero attached hydrogens (tertiary/aromatic N) is 5. The molecule has 1 aromatic heterocycles. The molecule has 1 amide bonds. The lowest BCUT2D eigenvalue weighted by atomic mass is 10.1. The number of carbonyl (C=O) groups excluding carboxylic acids is 1. The molecule has 148 valence electrons. The van der Waals surface area contributed by atoms with Crippen molar-refractivity contribution in [2.45, 2.75) is 25.8 Å². The number of anilines is 2. The van der Waals surface area contributed by atoms with Crippen LogP contribution in [-0.2, 0) is 11.3 Å². The van der Waals surface area contributed by atoms with Crippen LogP contribution in [0.4, 0.5) is 11.9 Å². The van der Waals surface area contributed by atoms with Crippen molar-refractivity contribution in [3.05, 3.63) is 46.8 Å². The molecule has 3 rings (SSSR count). The molecule has 2 aromatic rings. The fraction of sp³-hybridized carbons (Fsp3) is 0.400. The molecule has 0 saturated carbocycles. The molecule has 1 aliphatic heterocycles. The minimum atomic E-state index is -0.230. The number of piperidine rings is 1. The number of hydrogen-bond donors (Lipinski definition) is 1. The van der Waals surface area contributed by atoms with Crippen molar-refractivity contribution in [2.75, 3.05) is 37.0 Å². The normalized spacial score (nSPS) is 14.3. The van der Waals surface area contributed by atoms with E-state index in [2.05, 4.69) is 25.2 Å². The summed E-state index contributed by atoms with van der Waals surface area (Å²) < 4.78 is 0. The van der Waals surface area contributed by atoms with Gasteiger partial charge in [-0.1, -0.05) is 29.8 Å². The number of halogens is 1. The Labute approximate surface area is 170 Å². The molecule has 1 aromatic carbocycles. The first-order chi connectivity index (χ1) is 13.5. The molecule has 7 nitrogen and oxygen atoms in total. The van der Waals surface area contributed by atoms with Crippen LogP contribution in [0.1, 0.15) is 30.7 Å². The lowest BCUT2D eigenvalue weighted by Crippen LogP contribution is -2.32. The van der Waals surface area contributed by atoms with E-state index in [1.165, 1.54) is 12.5 Å². The van der Waals surface area contributed by atoms with Crippen LogP contribution >= 0.6 is 11.6 Å². The Hall–Kier alpha value is -2.67. The zero-order chi connectivity index (χ0) is 19.9. The number of rotatable bonds is 6. The molecule has 1 N–H and O–H groups in total. The Morgan fingerprint density at radius 3 is 2.64 bits per heavy atom. The van der Waals surface area contributed by atoms with Crippen molar-refractivity contribution < 1.29 is 4.79 Å². The topological polar surface area (TPSA) is 74.2 Å². The summed E-state index contributed by atoms with van der Waals surface area (Å²) in [7, 11) is 3.79. The average molecular weight is 401 g/mol. The zero-order valence-electron chi connectivity index (χ0n) is 16.2. The summed E-state index contributed by atoms with van der Waals surface area (Å²) >= 11 is 6.10. The SMILES string of the molecule is CN(C)c1nc(CNC(=O)/C=C/c2ccccc2Cl)nc(N2CCCCC2)n1. The zero-order valence-corrected chi connectivity index (χ0v) is 17.0. The van der Waals surface area contributed by atoms with Crippen molar-refractivity contribution in [1.82, 2.24) is 20.3 Å². The van der Waals surface area contributed by atoms with Crippen molar-refractivity contribution in [2.24, 2.45) is 0 Å². The van der Waals surface area contributed by atoms with Crippen LogP contribution in [0.2, 0.25) is 5.02 Å². The second-order valence-corrected chi connectivity index (χ2v) is 7.27. The van der Waals surface area contributed by atoms with Crippen LogP contribution in [0.15, 0.2) is 30.3 Å². The summed E-state index contributed by atoms with van der Waals surface area (Å²) in [6.07, 6.45) is 6.67. The van der Waals surface area contributed by atoms with E-state index >= 15 is 0 Å². The van der Waals surface area contributed by atoms with E-state index in [1.807, 2.05) is 37.2 Å². The number of nitrogens with one attached hydrogen (secondary N) is 1. The molecular formula is C20H25ClN6O. The van der Waals surface area contributed by atoms with Crippen LogP contribution in [0.3, 0.4) is 0 Å². The lowest BCUT2D eigenvalue weighted by Gasteiger charge is -2.27. The molecular weight excluding hydrogens is 376 g/mol. The number of benzene rings is 1. The highest BCUT2D eigenvalue weighted by atomic mass is 35.5. The summed E-state index contributed by atoms with van der Waals surface area (Å²) in [5, 5.41) is 3.43. The minimum Gasteiger partial charge on any atom is -0.347 e. The number of hydrogen-bond acceptors (Lipinski definition) is 6. The smallest absolute Gasteiger partial charge is 0.244 e. The standard InChI is InChI=1S/C20H25ClN6O/c1-26(2)19-23-17(24-20(25-19)27-12-6-3-7-13-27)14-22-18(28)11-10-15-8-4-5-9-16(15)21/h4-5,8-11H,3,6-7,12-14H2,1-2H3,(H,22,28)/b11-10+. The maximum Gasteiger partial charge on any atom is 0.244 e. The fourth-order valence-electron chi connectivity index (χ4n) is 2.91. The summed E-state index contributed by atoms with van der Waals surface area (Å²) in [5.41, 5.74) is 0.793. The van der Waals surface area contributed by atoms with E-state index in [0.717, 1.165) is 31.5 Å². The van der Waals surface area contributed by atoms with Gasteiger partial charge in [-0.05, 0) is 37.0 Å². The maximum absolute atomic E-state index is 12.2. The summed E-state index contributed by atoms with van der Waals surface area (Å²) in [4.78, 5) is 29.8. The van der Waals surface area contributed by atoms with E-state index in [1.54, 1.807) is 12.1 Å². The molecule has 28 heavy (non-hydrogen) atoms. The van der Waals surface area contributed by atoms with Gasteiger partial charge in [-0.2, -0.15) is 15.0 Å². The Bertz CT molecular complexity index is 848. The van der Waals surface area contributed by atoms with Gasteiger partial charge in [-0.25, -0.2) is 0 Å². The number of amides is 1. The largest absolute Gasteiger partial charge is 0.347 e. The van der Waals surface area contributed by atoms with Gasteiger partial charge in [0.25, 0.3) is 0 Å². The molecule has 8 heteroatoms. The number of carbonyl (C=O) groups is 1. The van der Waals surface area contributed by atoms with E-state index in [4.69, 9.17) is 11.6 Å². The van der Waals surface area contributed by atoms with E-state index in [0.29, 0.717) is 22.7 Å². The third-order valence-corrected chi connectivity index (χ3v) is 4.78. The molecule has 0 bridgehead atoms. The quantitative estimate of drug-likeness (QED) is 0.751. The van der Waals surface area contributed by atoms with E-state index < -0.39 is 0 Å². The van der Waals surface area contributed by atoms with Gasteiger partial charge in [0.15, 0.2) is 5.82 Å². The monoisotopic (exact) mass is 400 g/mol. The summed E-state index contributed by atoms with van der Waals surface area (Å²) in [5.74, 6) is 1.57. The molecule has 0 radical (unpaired) electrons. The lowest BCUT2D eigenvalue weighted by molar-refractivity contribution is -0.116.